The first kappa shape index (κ1) is 17.5. The van der Waals surface area contributed by atoms with Crippen molar-refractivity contribution in [2.45, 2.75) is 32.0 Å². The number of likely N-dealkylation sites (tertiary alicyclic amines) is 1. The largest absolute Gasteiger partial charge is 0.457 e. The molecule has 0 radical (unpaired) electrons. The molecule has 2 amide bonds. The van der Waals surface area contributed by atoms with Crippen LogP contribution >= 0.6 is 0 Å². The number of urea groups is 1. The highest BCUT2D eigenvalue weighted by molar-refractivity contribution is 5.95. The van der Waals surface area contributed by atoms with Gasteiger partial charge in [0.05, 0.1) is 11.3 Å². The van der Waals surface area contributed by atoms with Crippen molar-refractivity contribution in [3.8, 4) is 0 Å². The summed E-state index contributed by atoms with van der Waals surface area (Å²) in [6, 6.07) is 8.67. The van der Waals surface area contributed by atoms with Crippen LogP contribution in [0.5, 0.6) is 0 Å². The van der Waals surface area contributed by atoms with Crippen LogP contribution in [0.25, 0.3) is 0 Å². The van der Waals surface area contributed by atoms with Gasteiger partial charge in [0.25, 0.3) is 0 Å². The molecule has 7 heteroatoms. The molecule has 2 aliphatic heterocycles. The number of carbonyl (C=O) groups excluding carboxylic acids is 2. The lowest BCUT2D eigenvalue weighted by Crippen LogP contribution is -2.47. The fourth-order valence-electron chi connectivity index (χ4n) is 3.49. The number of anilines is 1. The minimum Gasteiger partial charge on any atom is -0.457 e. The van der Waals surface area contributed by atoms with Gasteiger partial charge in [0.15, 0.2) is 0 Å². The van der Waals surface area contributed by atoms with Gasteiger partial charge in [-0.15, -0.1) is 0 Å². The van der Waals surface area contributed by atoms with Crippen LogP contribution < -0.4 is 5.32 Å². The number of piperidine rings is 1. The predicted octanol–water partition coefficient (Wildman–Crippen LogP) is 2.58. The minimum atomic E-state index is -1.00. The molecule has 0 unspecified atom stereocenters. The Balaban J connectivity index is 1.39. The lowest BCUT2D eigenvalue weighted by atomic mass is 9.87. The number of benzene rings is 1. The molecular weight excluding hydrogens is 346 g/mol. The van der Waals surface area contributed by atoms with E-state index in [2.05, 4.69) is 10.3 Å². The number of esters is 1. The van der Waals surface area contributed by atoms with Crippen molar-refractivity contribution in [1.29, 1.82) is 0 Å². The van der Waals surface area contributed by atoms with Crippen molar-refractivity contribution in [2.24, 2.45) is 0 Å². The van der Waals surface area contributed by atoms with E-state index in [1.165, 1.54) is 0 Å². The standard InChI is InChI=1S/C20H21N3O4/c1-13-2-5-17(21-11-13)20(26)6-8-23(9-7-20)19(25)22-15-3-4-16-14(10-15)12-27-18(16)24/h2-5,10-11,26H,6-9,12H2,1H3,(H,22,25). The van der Waals surface area contributed by atoms with E-state index in [0.717, 1.165) is 11.1 Å². The molecule has 27 heavy (non-hydrogen) atoms. The van der Waals surface area contributed by atoms with Crippen LogP contribution in [0.4, 0.5) is 10.5 Å². The summed E-state index contributed by atoms with van der Waals surface area (Å²) in [6.45, 7) is 3.06. The number of fused-ring (bicyclic) bond motifs is 1. The molecule has 0 saturated carbocycles. The zero-order valence-corrected chi connectivity index (χ0v) is 15.1. The summed E-state index contributed by atoms with van der Waals surface area (Å²) in [5.41, 5.74) is 2.63. The Labute approximate surface area is 157 Å². The Bertz CT molecular complexity index is 887. The number of rotatable bonds is 2. The van der Waals surface area contributed by atoms with Crippen LogP contribution in [-0.4, -0.2) is 40.1 Å². The highest BCUT2D eigenvalue weighted by atomic mass is 16.5. The van der Waals surface area contributed by atoms with E-state index in [9.17, 15) is 14.7 Å². The average Bonchev–Trinajstić information content (AvgIpc) is 3.03. The zero-order valence-electron chi connectivity index (χ0n) is 15.1. The number of carbonyl (C=O) groups is 2. The Morgan fingerprint density at radius 1 is 1.26 bits per heavy atom. The first-order chi connectivity index (χ1) is 12.9. The maximum Gasteiger partial charge on any atom is 0.338 e. The van der Waals surface area contributed by atoms with E-state index in [1.54, 1.807) is 29.3 Å². The summed E-state index contributed by atoms with van der Waals surface area (Å²) in [4.78, 5) is 30.1. The fraction of sp³-hybridized carbons (Fsp3) is 0.350. The molecule has 1 fully saturated rings. The molecule has 2 aromatic rings. The summed E-state index contributed by atoms with van der Waals surface area (Å²) in [5, 5.41) is 13.7. The van der Waals surface area contributed by atoms with Gasteiger partial charge in [0, 0.05) is 30.5 Å². The van der Waals surface area contributed by atoms with E-state index in [4.69, 9.17) is 4.74 Å². The van der Waals surface area contributed by atoms with Gasteiger partial charge in [0.1, 0.15) is 12.2 Å². The molecular formula is C20H21N3O4. The molecule has 0 spiro atoms. The van der Waals surface area contributed by atoms with Crippen LogP contribution in [0.3, 0.4) is 0 Å². The van der Waals surface area contributed by atoms with Crippen LogP contribution in [0, 0.1) is 6.92 Å². The number of nitrogens with one attached hydrogen (secondary N) is 1. The van der Waals surface area contributed by atoms with Crippen molar-refractivity contribution in [2.75, 3.05) is 18.4 Å². The van der Waals surface area contributed by atoms with E-state index in [-0.39, 0.29) is 18.6 Å². The molecule has 2 aliphatic rings. The van der Waals surface area contributed by atoms with Crippen molar-refractivity contribution >= 4 is 17.7 Å². The van der Waals surface area contributed by atoms with Gasteiger partial charge >= 0.3 is 12.0 Å². The third kappa shape index (κ3) is 3.38. The Kier molecular flexibility index (Phi) is 4.31. The SMILES string of the molecule is Cc1ccc(C2(O)CCN(C(=O)Nc3ccc4c(c3)COC4=O)CC2)nc1. The van der Waals surface area contributed by atoms with Crippen molar-refractivity contribution in [1.82, 2.24) is 9.88 Å². The van der Waals surface area contributed by atoms with E-state index in [1.807, 2.05) is 19.1 Å². The third-order valence-electron chi connectivity index (χ3n) is 5.20. The normalized spacial score (nSPS) is 18.0. The van der Waals surface area contributed by atoms with E-state index >= 15 is 0 Å². The second-order valence-electron chi connectivity index (χ2n) is 7.12. The van der Waals surface area contributed by atoms with Crippen molar-refractivity contribution < 1.29 is 19.4 Å². The molecule has 0 aliphatic carbocycles. The zero-order chi connectivity index (χ0) is 19.0. The lowest BCUT2D eigenvalue weighted by molar-refractivity contribution is -0.0193. The number of pyridine rings is 1. The number of aliphatic hydroxyl groups is 1. The lowest BCUT2D eigenvalue weighted by Gasteiger charge is -2.37. The van der Waals surface area contributed by atoms with Gasteiger partial charge in [0.2, 0.25) is 0 Å². The molecule has 7 nitrogen and oxygen atoms in total. The summed E-state index contributed by atoms with van der Waals surface area (Å²) < 4.78 is 4.98. The summed E-state index contributed by atoms with van der Waals surface area (Å²) in [6.07, 6.45) is 2.61. The number of nitrogens with zero attached hydrogens (tertiary/aromatic N) is 2. The number of aryl methyl sites for hydroxylation is 1. The molecule has 2 N–H and O–H groups in total. The smallest absolute Gasteiger partial charge is 0.338 e. The molecule has 1 aromatic carbocycles. The maximum absolute atomic E-state index is 12.5. The quantitative estimate of drug-likeness (QED) is 0.796. The first-order valence-corrected chi connectivity index (χ1v) is 8.96. The topological polar surface area (TPSA) is 91.8 Å². The fourth-order valence-corrected chi connectivity index (χ4v) is 3.49. The Morgan fingerprint density at radius 3 is 2.74 bits per heavy atom. The molecule has 0 atom stereocenters. The molecule has 3 heterocycles. The van der Waals surface area contributed by atoms with Crippen LogP contribution in [-0.2, 0) is 16.9 Å². The maximum atomic E-state index is 12.5. The van der Waals surface area contributed by atoms with Crippen LogP contribution in [0.1, 0.15) is 40.0 Å². The predicted molar refractivity (Wildman–Crippen MR) is 98.3 cm³/mol. The minimum absolute atomic E-state index is 0.223. The second-order valence-corrected chi connectivity index (χ2v) is 7.12. The van der Waals surface area contributed by atoms with Crippen LogP contribution in [0.2, 0.25) is 0 Å². The molecule has 1 aromatic heterocycles. The number of amides is 2. The summed E-state index contributed by atoms with van der Waals surface area (Å²) in [5.74, 6) is -0.331. The summed E-state index contributed by atoms with van der Waals surface area (Å²) in [7, 11) is 0. The molecule has 4 rings (SSSR count). The first-order valence-electron chi connectivity index (χ1n) is 8.96. The van der Waals surface area contributed by atoms with Crippen molar-refractivity contribution in [3.05, 3.63) is 58.9 Å². The Morgan fingerprint density at radius 2 is 2.04 bits per heavy atom. The molecule has 1 saturated heterocycles. The Hall–Kier alpha value is -2.93. The monoisotopic (exact) mass is 367 g/mol. The number of cyclic esters (lactones) is 1. The highest BCUT2D eigenvalue weighted by Crippen LogP contribution is 2.32. The van der Waals surface area contributed by atoms with Gasteiger partial charge < -0.3 is 20.1 Å². The van der Waals surface area contributed by atoms with Gasteiger partial charge in [-0.2, -0.15) is 0 Å². The van der Waals surface area contributed by atoms with Gasteiger partial charge in [-0.3, -0.25) is 4.98 Å². The number of hydrogen-bond acceptors (Lipinski definition) is 5. The van der Waals surface area contributed by atoms with Crippen molar-refractivity contribution in [3.63, 3.8) is 0 Å². The summed E-state index contributed by atoms with van der Waals surface area (Å²) >= 11 is 0. The number of hydrogen-bond donors (Lipinski definition) is 2. The average molecular weight is 367 g/mol. The van der Waals surface area contributed by atoms with Gasteiger partial charge in [-0.1, -0.05) is 6.07 Å². The second kappa shape index (κ2) is 6.66. The molecule has 140 valence electrons. The number of ether oxygens (including phenoxy) is 1. The van der Waals surface area contributed by atoms with Gasteiger partial charge in [-0.05, 0) is 49.6 Å². The highest BCUT2D eigenvalue weighted by Gasteiger charge is 2.36. The van der Waals surface area contributed by atoms with Gasteiger partial charge in [-0.25, -0.2) is 9.59 Å². The van der Waals surface area contributed by atoms with E-state index < -0.39 is 5.60 Å². The van der Waals surface area contributed by atoms with Crippen LogP contribution in [0.15, 0.2) is 36.5 Å². The number of aromatic nitrogens is 1. The molecule has 0 bridgehead atoms. The van der Waals surface area contributed by atoms with E-state index in [0.29, 0.717) is 42.9 Å². The third-order valence-corrected chi connectivity index (χ3v) is 5.20.